The maximum atomic E-state index is 12.7. The largest absolute Gasteiger partial charge is 0.490 e. The summed E-state index contributed by atoms with van der Waals surface area (Å²) in [6, 6.07) is 11.3. The van der Waals surface area contributed by atoms with Crippen LogP contribution < -0.4 is 9.64 Å². The lowest BCUT2D eigenvalue weighted by atomic mass is 10.2. The molecular formula is C19H18N2O6. The summed E-state index contributed by atoms with van der Waals surface area (Å²) >= 11 is 0. The summed E-state index contributed by atoms with van der Waals surface area (Å²) in [5.74, 6) is -1.11. The predicted octanol–water partition coefficient (Wildman–Crippen LogP) is 2.74. The summed E-state index contributed by atoms with van der Waals surface area (Å²) in [4.78, 5) is 37.0. The third kappa shape index (κ3) is 3.59. The minimum Gasteiger partial charge on any atom is -0.490 e. The lowest BCUT2D eigenvalue weighted by Crippen LogP contribution is -2.39. The van der Waals surface area contributed by atoms with Crippen LogP contribution in [-0.2, 0) is 16.0 Å². The number of anilines is 1. The number of para-hydroxylation sites is 1. The van der Waals surface area contributed by atoms with Gasteiger partial charge < -0.3 is 14.4 Å². The van der Waals surface area contributed by atoms with Crippen molar-refractivity contribution in [2.24, 2.45) is 0 Å². The number of nitro benzene ring substituents is 1. The van der Waals surface area contributed by atoms with Crippen LogP contribution in [-0.4, -0.2) is 36.6 Å². The Balaban J connectivity index is 1.74. The lowest BCUT2D eigenvalue weighted by Gasteiger charge is -2.21. The number of amides is 1. The third-order valence-corrected chi connectivity index (χ3v) is 4.40. The van der Waals surface area contributed by atoms with Gasteiger partial charge in [-0.25, -0.2) is 4.79 Å². The quantitative estimate of drug-likeness (QED) is 0.456. The van der Waals surface area contributed by atoms with Gasteiger partial charge in [0.25, 0.3) is 5.91 Å². The van der Waals surface area contributed by atoms with Gasteiger partial charge in [-0.15, -0.1) is 0 Å². The van der Waals surface area contributed by atoms with Crippen LogP contribution >= 0.6 is 0 Å². The van der Waals surface area contributed by atoms with Crippen LogP contribution in [0.2, 0.25) is 0 Å². The molecule has 0 aromatic heterocycles. The highest BCUT2D eigenvalue weighted by Crippen LogP contribution is 2.29. The number of rotatable bonds is 5. The molecule has 8 heteroatoms. The van der Waals surface area contributed by atoms with E-state index in [2.05, 4.69) is 0 Å². The van der Waals surface area contributed by atoms with Crippen LogP contribution in [0.5, 0.6) is 5.75 Å². The Bertz CT molecular complexity index is 911. The minimum atomic E-state index is -1.02. The Morgan fingerprint density at radius 2 is 1.96 bits per heavy atom. The number of esters is 1. The Kier molecular flexibility index (Phi) is 5.07. The number of nitro groups is 1. The number of benzene rings is 2. The van der Waals surface area contributed by atoms with Gasteiger partial charge in [-0.2, -0.15) is 0 Å². The van der Waals surface area contributed by atoms with Crippen molar-refractivity contribution < 1.29 is 24.0 Å². The Morgan fingerprint density at radius 3 is 2.67 bits per heavy atom. The standard InChI is InChI=1S/C19H18N2O6/c1-12(18(22)20-10-9-13-5-3-4-6-15(13)20)27-19(23)14-7-8-17(26-2)16(11-14)21(24)25/h3-8,11-12H,9-10H2,1-2H3. The molecule has 1 aliphatic heterocycles. The first kappa shape index (κ1) is 18.4. The first-order chi connectivity index (χ1) is 12.9. The molecule has 1 aliphatic rings. The number of ether oxygens (including phenoxy) is 2. The van der Waals surface area contributed by atoms with E-state index in [9.17, 15) is 19.7 Å². The lowest BCUT2D eigenvalue weighted by molar-refractivity contribution is -0.385. The van der Waals surface area contributed by atoms with E-state index < -0.39 is 17.0 Å². The van der Waals surface area contributed by atoms with Crippen molar-refractivity contribution in [2.45, 2.75) is 19.4 Å². The molecule has 0 N–H and O–H groups in total. The molecule has 0 bridgehead atoms. The van der Waals surface area contributed by atoms with Crippen molar-refractivity contribution in [3.05, 3.63) is 63.7 Å². The summed E-state index contributed by atoms with van der Waals surface area (Å²) in [7, 11) is 1.30. The monoisotopic (exact) mass is 370 g/mol. The normalized spacial score (nSPS) is 13.6. The highest BCUT2D eigenvalue weighted by molar-refractivity contribution is 6.00. The zero-order valence-corrected chi connectivity index (χ0v) is 14.9. The maximum absolute atomic E-state index is 12.7. The fourth-order valence-corrected chi connectivity index (χ4v) is 3.03. The fourth-order valence-electron chi connectivity index (χ4n) is 3.03. The second-order valence-corrected chi connectivity index (χ2v) is 6.06. The molecule has 1 amide bonds. The van der Waals surface area contributed by atoms with Gasteiger partial charge in [0, 0.05) is 18.3 Å². The number of hydrogen-bond acceptors (Lipinski definition) is 6. The Hall–Kier alpha value is -3.42. The molecule has 0 saturated carbocycles. The molecule has 27 heavy (non-hydrogen) atoms. The molecule has 2 aromatic carbocycles. The van der Waals surface area contributed by atoms with Gasteiger partial charge in [-0.3, -0.25) is 14.9 Å². The SMILES string of the molecule is COc1ccc(C(=O)OC(C)C(=O)N2CCc3ccccc32)cc1[N+](=O)[O-]. The van der Waals surface area contributed by atoms with Crippen LogP contribution in [0.3, 0.4) is 0 Å². The Labute approximate surface area is 155 Å². The van der Waals surface area contributed by atoms with Crippen LogP contribution in [0.1, 0.15) is 22.8 Å². The van der Waals surface area contributed by atoms with Crippen molar-refractivity contribution in [2.75, 3.05) is 18.6 Å². The number of fused-ring (bicyclic) bond motifs is 1. The summed E-state index contributed by atoms with van der Waals surface area (Å²) in [5, 5.41) is 11.1. The van der Waals surface area contributed by atoms with Gasteiger partial charge in [-0.05, 0) is 37.1 Å². The predicted molar refractivity (Wildman–Crippen MR) is 97.0 cm³/mol. The third-order valence-electron chi connectivity index (χ3n) is 4.40. The van der Waals surface area contributed by atoms with E-state index in [4.69, 9.17) is 9.47 Å². The number of carbonyl (C=O) groups excluding carboxylic acids is 2. The van der Waals surface area contributed by atoms with Gasteiger partial charge in [-0.1, -0.05) is 18.2 Å². The summed E-state index contributed by atoms with van der Waals surface area (Å²) < 4.78 is 10.1. The first-order valence-corrected chi connectivity index (χ1v) is 8.35. The van der Waals surface area contributed by atoms with E-state index in [1.165, 1.54) is 26.2 Å². The van der Waals surface area contributed by atoms with E-state index in [-0.39, 0.29) is 22.9 Å². The summed E-state index contributed by atoms with van der Waals surface area (Å²) in [6.45, 7) is 2.01. The number of carbonyl (C=O) groups is 2. The highest BCUT2D eigenvalue weighted by Gasteiger charge is 2.30. The van der Waals surface area contributed by atoms with Gasteiger partial charge in [0.1, 0.15) is 0 Å². The van der Waals surface area contributed by atoms with Gasteiger partial charge >= 0.3 is 11.7 Å². The first-order valence-electron chi connectivity index (χ1n) is 8.35. The molecule has 1 unspecified atom stereocenters. The van der Waals surface area contributed by atoms with Gasteiger partial charge in [0.05, 0.1) is 17.6 Å². The second-order valence-electron chi connectivity index (χ2n) is 6.06. The van der Waals surface area contributed by atoms with Crippen molar-refractivity contribution in [1.82, 2.24) is 0 Å². The maximum Gasteiger partial charge on any atom is 0.339 e. The molecule has 0 spiro atoms. The molecule has 1 heterocycles. The van der Waals surface area contributed by atoms with Crippen molar-refractivity contribution >= 4 is 23.3 Å². The fraction of sp³-hybridized carbons (Fsp3) is 0.263. The average Bonchev–Trinajstić information content (AvgIpc) is 3.10. The zero-order chi connectivity index (χ0) is 19.6. The molecule has 0 radical (unpaired) electrons. The smallest absolute Gasteiger partial charge is 0.339 e. The number of methoxy groups -OCH3 is 1. The van der Waals surface area contributed by atoms with E-state index >= 15 is 0 Å². The molecular weight excluding hydrogens is 352 g/mol. The molecule has 0 saturated heterocycles. The van der Waals surface area contributed by atoms with Crippen LogP contribution in [0.15, 0.2) is 42.5 Å². The highest BCUT2D eigenvalue weighted by atomic mass is 16.6. The van der Waals surface area contributed by atoms with Gasteiger partial charge in [0.2, 0.25) is 0 Å². The molecule has 1 atom stereocenters. The number of hydrogen-bond donors (Lipinski definition) is 0. The molecule has 0 aliphatic carbocycles. The van der Waals surface area contributed by atoms with E-state index in [0.717, 1.165) is 23.7 Å². The topological polar surface area (TPSA) is 99.0 Å². The summed E-state index contributed by atoms with van der Waals surface area (Å²) in [6.07, 6.45) is -0.280. The van der Waals surface area contributed by atoms with Crippen LogP contribution in [0.25, 0.3) is 0 Å². The van der Waals surface area contributed by atoms with Crippen LogP contribution in [0, 0.1) is 10.1 Å². The van der Waals surface area contributed by atoms with Crippen molar-refractivity contribution in [1.29, 1.82) is 0 Å². The van der Waals surface area contributed by atoms with Crippen molar-refractivity contribution in [3.63, 3.8) is 0 Å². The Morgan fingerprint density at radius 1 is 1.22 bits per heavy atom. The summed E-state index contributed by atoms with van der Waals surface area (Å²) in [5.41, 5.74) is 1.50. The molecule has 3 rings (SSSR count). The molecule has 8 nitrogen and oxygen atoms in total. The zero-order valence-electron chi connectivity index (χ0n) is 14.9. The van der Waals surface area contributed by atoms with E-state index in [1.54, 1.807) is 4.90 Å². The molecule has 140 valence electrons. The second kappa shape index (κ2) is 7.45. The molecule has 2 aromatic rings. The van der Waals surface area contributed by atoms with Crippen molar-refractivity contribution in [3.8, 4) is 5.75 Å². The number of nitrogens with zero attached hydrogens (tertiary/aromatic N) is 2. The van der Waals surface area contributed by atoms with Gasteiger partial charge in [0.15, 0.2) is 11.9 Å². The minimum absolute atomic E-state index is 0.0241. The van der Waals surface area contributed by atoms with Crippen LogP contribution in [0.4, 0.5) is 11.4 Å². The van der Waals surface area contributed by atoms with E-state index in [0.29, 0.717) is 6.54 Å². The average molecular weight is 370 g/mol. The van der Waals surface area contributed by atoms with E-state index in [1.807, 2.05) is 24.3 Å². The molecule has 0 fully saturated rings.